The first-order valence-corrected chi connectivity index (χ1v) is 8.23. The summed E-state index contributed by atoms with van der Waals surface area (Å²) in [5, 5.41) is 19.2. The highest BCUT2D eigenvalue weighted by Crippen LogP contribution is 2.32. The van der Waals surface area contributed by atoms with Crippen LogP contribution >= 0.6 is 0 Å². The lowest BCUT2D eigenvalue weighted by Crippen LogP contribution is -2.42. The third kappa shape index (κ3) is 4.30. The molecule has 0 saturated carbocycles. The van der Waals surface area contributed by atoms with Gasteiger partial charge in [-0.3, -0.25) is 9.89 Å². The number of methoxy groups -OCH3 is 2. The van der Waals surface area contributed by atoms with Gasteiger partial charge in [-0.1, -0.05) is 20.3 Å². The van der Waals surface area contributed by atoms with E-state index in [0.717, 1.165) is 12.0 Å². The standard InChI is InChI=1S/C18H25N3O4/c1-5-11(2)16(10-22)19-18(23)15-9-14(20-21-15)13-8-12(24-3)6-7-17(13)25-4/h6-9,11,16,22H,5,10H2,1-4H3,(H,19,23)(H,20,21)/t11-,16-/m1/s1. The number of hydrogen-bond acceptors (Lipinski definition) is 5. The lowest BCUT2D eigenvalue weighted by molar-refractivity contribution is 0.0886. The SMILES string of the molecule is CC[C@@H](C)[C@@H](CO)NC(=O)c1cc(-c2cc(OC)ccc2OC)n[nH]1. The average Bonchev–Trinajstić information content (AvgIpc) is 3.14. The van der Waals surface area contributed by atoms with E-state index in [2.05, 4.69) is 15.5 Å². The highest BCUT2D eigenvalue weighted by molar-refractivity contribution is 5.93. The number of aromatic nitrogens is 2. The largest absolute Gasteiger partial charge is 0.497 e. The number of aliphatic hydroxyl groups excluding tert-OH is 1. The summed E-state index contributed by atoms with van der Waals surface area (Å²) >= 11 is 0. The smallest absolute Gasteiger partial charge is 0.269 e. The maximum absolute atomic E-state index is 12.4. The Balaban J connectivity index is 2.23. The van der Waals surface area contributed by atoms with E-state index < -0.39 is 0 Å². The summed E-state index contributed by atoms with van der Waals surface area (Å²) in [5.74, 6) is 1.17. The van der Waals surface area contributed by atoms with Crippen molar-refractivity contribution in [2.45, 2.75) is 26.3 Å². The zero-order valence-electron chi connectivity index (χ0n) is 15.0. The van der Waals surface area contributed by atoms with E-state index in [1.807, 2.05) is 13.8 Å². The summed E-state index contributed by atoms with van der Waals surface area (Å²) in [6.45, 7) is 3.90. The Hall–Kier alpha value is -2.54. The summed E-state index contributed by atoms with van der Waals surface area (Å²) in [6.07, 6.45) is 0.862. The molecule has 0 aliphatic heterocycles. The van der Waals surface area contributed by atoms with Crippen LogP contribution in [0.1, 0.15) is 30.8 Å². The van der Waals surface area contributed by atoms with Gasteiger partial charge in [0.25, 0.3) is 5.91 Å². The van der Waals surface area contributed by atoms with Crippen molar-refractivity contribution < 1.29 is 19.4 Å². The molecular weight excluding hydrogens is 322 g/mol. The van der Waals surface area contributed by atoms with Crippen molar-refractivity contribution >= 4 is 5.91 Å². The monoisotopic (exact) mass is 347 g/mol. The molecule has 1 amide bonds. The quantitative estimate of drug-likeness (QED) is 0.680. The van der Waals surface area contributed by atoms with Gasteiger partial charge in [-0.2, -0.15) is 5.10 Å². The van der Waals surface area contributed by atoms with E-state index in [-0.39, 0.29) is 24.5 Å². The minimum atomic E-state index is -0.306. The number of aromatic amines is 1. The molecule has 2 rings (SSSR count). The molecule has 25 heavy (non-hydrogen) atoms. The minimum absolute atomic E-state index is 0.106. The number of hydrogen-bond donors (Lipinski definition) is 3. The molecule has 0 saturated heterocycles. The summed E-state index contributed by atoms with van der Waals surface area (Å²) in [4.78, 5) is 12.4. The number of H-pyrrole nitrogens is 1. The van der Waals surface area contributed by atoms with E-state index in [4.69, 9.17) is 9.47 Å². The van der Waals surface area contributed by atoms with Gasteiger partial charge in [0, 0.05) is 5.56 Å². The molecule has 1 aromatic heterocycles. The van der Waals surface area contributed by atoms with E-state index in [1.54, 1.807) is 38.5 Å². The number of nitrogens with zero attached hydrogens (tertiary/aromatic N) is 1. The number of benzene rings is 1. The fourth-order valence-corrected chi connectivity index (χ4v) is 2.49. The van der Waals surface area contributed by atoms with E-state index in [1.165, 1.54) is 0 Å². The summed E-state index contributed by atoms with van der Waals surface area (Å²) in [6, 6.07) is 6.73. The number of aliphatic hydroxyl groups is 1. The number of nitrogens with one attached hydrogen (secondary N) is 2. The summed E-state index contributed by atoms with van der Waals surface area (Å²) in [5.41, 5.74) is 1.62. The Morgan fingerprint density at radius 3 is 2.68 bits per heavy atom. The lowest BCUT2D eigenvalue weighted by Gasteiger charge is -2.21. The van der Waals surface area contributed by atoms with Gasteiger partial charge in [0.2, 0.25) is 0 Å². The Morgan fingerprint density at radius 2 is 2.08 bits per heavy atom. The van der Waals surface area contributed by atoms with Crippen LogP contribution < -0.4 is 14.8 Å². The Kier molecular flexibility index (Phi) is 6.41. The van der Waals surface area contributed by atoms with Crippen molar-refractivity contribution in [2.75, 3.05) is 20.8 Å². The van der Waals surface area contributed by atoms with Gasteiger partial charge < -0.3 is 19.9 Å². The second-order valence-electron chi connectivity index (χ2n) is 5.88. The van der Waals surface area contributed by atoms with Crippen molar-refractivity contribution in [1.29, 1.82) is 0 Å². The van der Waals surface area contributed by atoms with Gasteiger partial charge in [0.05, 0.1) is 32.6 Å². The van der Waals surface area contributed by atoms with Crippen molar-refractivity contribution in [1.82, 2.24) is 15.5 Å². The van der Waals surface area contributed by atoms with Gasteiger partial charge >= 0.3 is 0 Å². The Bertz CT molecular complexity index is 714. The van der Waals surface area contributed by atoms with Crippen LogP contribution in [0.4, 0.5) is 0 Å². The number of carbonyl (C=O) groups is 1. The minimum Gasteiger partial charge on any atom is -0.497 e. The topological polar surface area (TPSA) is 96.5 Å². The van der Waals surface area contributed by atoms with Crippen LogP contribution in [0.25, 0.3) is 11.3 Å². The third-order valence-corrected chi connectivity index (χ3v) is 4.35. The molecular formula is C18H25N3O4. The lowest BCUT2D eigenvalue weighted by atomic mass is 10.00. The van der Waals surface area contributed by atoms with E-state index >= 15 is 0 Å². The van der Waals surface area contributed by atoms with E-state index in [9.17, 15) is 9.90 Å². The molecule has 0 bridgehead atoms. The predicted molar refractivity (Wildman–Crippen MR) is 94.9 cm³/mol. The second-order valence-corrected chi connectivity index (χ2v) is 5.88. The second kappa shape index (κ2) is 8.53. The number of amides is 1. The molecule has 2 aromatic rings. The molecule has 7 heteroatoms. The average molecular weight is 347 g/mol. The van der Waals surface area contributed by atoms with Crippen LogP contribution in [-0.2, 0) is 0 Å². The fraction of sp³-hybridized carbons (Fsp3) is 0.444. The third-order valence-electron chi connectivity index (χ3n) is 4.35. The summed E-state index contributed by atoms with van der Waals surface area (Å²) < 4.78 is 10.6. The van der Waals surface area contributed by atoms with Crippen LogP contribution in [0.15, 0.2) is 24.3 Å². The molecule has 1 heterocycles. The highest BCUT2D eigenvalue weighted by Gasteiger charge is 2.20. The molecule has 2 atom stereocenters. The number of ether oxygens (including phenoxy) is 2. The van der Waals surface area contributed by atoms with Gasteiger partial charge in [-0.25, -0.2) is 0 Å². The normalized spacial score (nSPS) is 13.2. The van der Waals surface area contributed by atoms with Crippen LogP contribution in [0.5, 0.6) is 11.5 Å². The first-order valence-electron chi connectivity index (χ1n) is 8.23. The van der Waals surface area contributed by atoms with Gasteiger partial charge in [0.1, 0.15) is 17.2 Å². The maximum Gasteiger partial charge on any atom is 0.269 e. The van der Waals surface area contributed by atoms with Crippen molar-refractivity contribution in [2.24, 2.45) is 5.92 Å². The number of carbonyl (C=O) groups excluding carboxylic acids is 1. The molecule has 0 fully saturated rings. The molecule has 3 N–H and O–H groups in total. The highest BCUT2D eigenvalue weighted by atomic mass is 16.5. The predicted octanol–water partition coefficient (Wildman–Crippen LogP) is 2.23. The molecule has 0 radical (unpaired) electrons. The maximum atomic E-state index is 12.4. The van der Waals surface area contributed by atoms with Crippen molar-refractivity contribution in [3.05, 3.63) is 30.0 Å². The van der Waals surface area contributed by atoms with Crippen LogP contribution in [0.3, 0.4) is 0 Å². The number of rotatable bonds is 8. The molecule has 1 aromatic carbocycles. The molecule has 0 spiro atoms. The zero-order chi connectivity index (χ0) is 18.4. The first-order chi connectivity index (χ1) is 12.0. The van der Waals surface area contributed by atoms with Crippen LogP contribution in [0.2, 0.25) is 0 Å². The van der Waals surface area contributed by atoms with Gasteiger partial charge in [-0.15, -0.1) is 0 Å². The van der Waals surface area contributed by atoms with Crippen LogP contribution in [-0.4, -0.2) is 48.1 Å². The first kappa shape index (κ1) is 18.8. The molecule has 136 valence electrons. The van der Waals surface area contributed by atoms with Crippen molar-refractivity contribution in [3.63, 3.8) is 0 Å². The zero-order valence-corrected chi connectivity index (χ0v) is 15.0. The molecule has 0 unspecified atom stereocenters. The fourth-order valence-electron chi connectivity index (χ4n) is 2.49. The van der Waals surface area contributed by atoms with Gasteiger partial charge in [0.15, 0.2) is 0 Å². The van der Waals surface area contributed by atoms with Crippen molar-refractivity contribution in [3.8, 4) is 22.8 Å². The summed E-state index contributed by atoms with van der Waals surface area (Å²) in [7, 11) is 3.16. The van der Waals surface area contributed by atoms with Gasteiger partial charge in [-0.05, 0) is 30.2 Å². The van der Waals surface area contributed by atoms with Crippen LogP contribution in [0, 0.1) is 5.92 Å². The Labute approximate surface area is 147 Å². The molecule has 0 aliphatic carbocycles. The Morgan fingerprint density at radius 1 is 1.32 bits per heavy atom. The molecule has 7 nitrogen and oxygen atoms in total. The molecule has 0 aliphatic rings. The van der Waals surface area contributed by atoms with E-state index in [0.29, 0.717) is 22.9 Å².